The lowest BCUT2D eigenvalue weighted by Gasteiger charge is -2.24. The minimum absolute atomic E-state index is 0.130. The number of rotatable bonds is 12. The Labute approximate surface area is 203 Å². The van der Waals surface area contributed by atoms with Crippen LogP contribution in [0.4, 0.5) is 0 Å². The molecule has 2 heterocycles. The number of esters is 1. The fourth-order valence-corrected chi connectivity index (χ4v) is 4.37. The van der Waals surface area contributed by atoms with Gasteiger partial charge in [0.2, 0.25) is 0 Å². The van der Waals surface area contributed by atoms with E-state index in [0.29, 0.717) is 25.6 Å². The van der Waals surface area contributed by atoms with Crippen LogP contribution in [0.3, 0.4) is 0 Å². The molecular formula is C26H37N3O4S. The number of pyridine rings is 1. The van der Waals surface area contributed by atoms with Crippen molar-refractivity contribution in [2.45, 2.75) is 32.9 Å². The third-order valence-corrected chi connectivity index (χ3v) is 6.93. The first-order chi connectivity index (χ1) is 16.2. The number of fused-ring (bicyclic) bond motifs is 1. The van der Waals surface area contributed by atoms with Gasteiger partial charge in [0.25, 0.3) is 0 Å². The van der Waals surface area contributed by atoms with Crippen molar-refractivity contribution < 1.29 is 19.0 Å². The Morgan fingerprint density at radius 1 is 1.24 bits per heavy atom. The minimum Gasteiger partial charge on any atom is -0.466 e. The van der Waals surface area contributed by atoms with Gasteiger partial charge in [-0.15, -0.1) is 0 Å². The quantitative estimate of drug-likeness (QED) is 0.292. The van der Waals surface area contributed by atoms with Gasteiger partial charge in [-0.2, -0.15) is 0 Å². The van der Waals surface area contributed by atoms with Crippen molar-refractivity contribution in [1.82, 2.24) is 9.55 Å². The molecule has 8 heteroatoms. The van der Waals surface area contributed by atoms with Crippen molar-refractivity contribution in [3.8, 4) is 11.5 Å². The molecule has 0 radical (unpaired) electrons. The number of aryl methyl sites for hydroxylation is 1. The van der Waals surface area contributed by atoms with E-state index in [1.807, 2.05) is 41.8 Å². The van der Waals surface area contributed by atoms with E-state index in [9.17, 15) is 4.79 Å². The van der Waals surface area contributed by atoms with Crippen LogP contribution in [-0.4, -0.2) is 59.8 Å². The summed E-state index contributed by atoms with van der Waals surface area (Å²) in [5, 5.41) is 0.958. The standard InChI is InChI=1S/C26H37N3O4S/c1-6-32-24(30)15-21(16-27)20-8-7-9-22(14-20)33-23-10-11-28-26-25(23)19(2)17-29(26)18-31-12-13-34(3,4)5/h7-11,14,17,21H,6,12-13,15-16,18,27H2,1-5H3. The van der Waals surface area contributed by atoms with Crippen molar-refractivity contribution in [3.05, 3.63) is 53.9 Å². The lowest BCUT2D eigenvalue weighted by molar-refractivity contribution is -0.143. The molecule has 0 aliphatic carbocycles. The number of nitrogens with zero attached hydrogens (tertiary/aromatic N) is 2. The van der Waals surface area contributed by atoms with Crippen LogP contribution in [0, 0.1) is 6.92 Å². The first-order valence-corrected chi connectivity index (χ1v) is 14.6. The smallest absolute Gasteiger partial charge is 0.306 e. The fraction of sp³-hybridized carbons (Fsp3) is 0.462. The highest BCUT2D eigenvalue weighted by Gasteiger charge is 2.17. The van der Waals surface area contributed by atoms with E-state index >= 15 is 0 Å². The maximum absolute atomic E-state index is 12.0. The third kappa shape index (κ3) is 6.98. The molecule has 0 spiro atoms. The summed E-state index contributed by atoms with van der Waals surface area (Å²) in [6, 6.07) is 9.59. The number of benzene rings is 1. The van der Waals surface area contributed by atoms with Crippen molar-refractivity contribution in [2.24, 2.45) is 5.73 Å². The van der Waals surface area contributed by atoms with Crippen LogP contribution in [-0.2, 0) is 21.0 Å². The van der Waals surface area contributed by atoms with Gasteiger partial charge in [-0.3, -0.25) is 4.79 Å². The van der Waals surface area contributed by atoms with Crippen LogP contribution in [0.1, 0.15) is 30.4 Å². The van der Waals surface area contributed by atoms with E-state index in [2.05, 4.69) is 29.9 Å². The summed E-state index contributed by atoms with van der Waals surface area (Å²) in [4.78, 5) is 16.5. The minimum atomic E-state index is -0.582. The van der Waals surface area contributed by atoms with Gasteiger partial charge in [-0.1, -0.05) is 12.1 Å². The average molecular weight is 488 g/mol. The Bertz CT molecular complexity index is 1110. The number of carbonyl (C=O) groups excluding carboxylic acids is 1. The van der Waals surface area contributed by atoms with E-state index < -0.39 is 10.0 Å². The topological polar surface area (TPSA) is 88.6 Å². The summed E-state index contributed by atoms with van der Waals surface area (Å²) in [6.45, 7) is 5.74. The van der Waals surface area contributed by atoms with Gasteiger partial charge in [-0.05, 0) is 68.5 Å². The second-order valence-corrected chi connectivity index (χ2v) is 13.8. The van der Waals surface area contributed by atoms with E-state index in [1.165, 1.54) is 0 Å². The van der Waals surface area contributed by atoms with E-state index in [-0.39, 0.29) is 18.3 Å². The van der Waals surface area contributed by atoms with Crippen LogP contribution in [0.5, 0.6) is 11.5 Å². The SMILES string of the molecule is CCOC(=O)CC(CN)c1cccc(Oc2ccnc3c2c(C)cn3COCCS(C)(C)C)c1. The van der Waals surface area contributed by atoms with Crippen molar-refractivity contribution in [2.75, 3.05) is 44.3 Å². The predicted octanol–water partition coefficient (Wildman–Crippen LogP) is 4.80. The van der Waals surface area contributed by atoms with E-state index in [1.54, 1.807) is 13.1 Å². The number of hydrogen-bond acceptors (Lipinski definition) is 6. The normalized spacial score (nSPS) is 13.1. The predicted molar refractivity (Wildman–Crippen MR) is 140 cm³/mol. The first-order valence-electron chi connectivity index (χ1n) is 11.5. The Morgan fingerprint density at radius 3 is 2.74 bits per heavy atom. The van der Waals surface area contributed by atoms with Crippen LogP contribution < -0.4 is 10.5 Å². The Hall–Kier alpha value is -2.55. The summed E-state index contributed by atoms with van der Waals surface area (Å²) < 4.78 is 19.3. The molecule has 1 aromatic carbocycles. The van der Waals surface area contributed by atoms with Crippen LogP contribution in [0.25, 0.3) is 11.0 Å². The summed E-state index contributed by atoms with van der Waals surface area (Å²) in [7, 11) is -0.582. The molecular weight excluding hydrogens is 450 g/mol. The lowest BCUT2D eigenvalue weighted by Crippen LogP contribution is -2.18. The Balaban J connectivity index is 1.78. The zero-order chi connectivity index (χ0) is 24.7. The van der Waals surface area contributed by atoms with Crippen molar-refractivity contribution >= 4 is 27.0 Å². The van der Waals surface area contributed by atoms with E-state index in [0.717, 1.165) is 40.3 Å². The second kappa shape index (κ2) is 11.7. The summed E-state index contributed by atoms with van der Waals surface area (Å²) in [6.07, 6.45) is 10.9. The molecule has 2 N–H and O–H groups in total. The molecule has 0 amide bonds. The van der Waals surface area contributed by atoms with Gasteiger partial charge in [0.15, 0.2) is 0 Å². The van der Waals surface area contributed by atoms with Gasteiger partial charge >= 0.3 is 5.97 Å². The third-order valence-electron chi connectivity index (χ3n) is 5.54. The molecule has 2 aromatic heterocycles. The number of aromatic nitrogens is 2. The maximum atomic E-state index is 12.0. The largest absolute Gasteiger partial charge is 0.466 e. The summed E-state index contributed by atoms with van der Waals surface area (Å²) in [5.74, 6) is 2.11. The number of hydrogen-bond donors (Lipinski definition) is 1. The van der Waals surface area contributed by atoms with Gasteiger partial charge in [0, 0.05) is 24.1 Å². The van der Waals surface area contributed by atoms with Crippen molar-refractivity contribution in [3.63, 3.8) is 0 Å². The van der Waals surface area contributed by atoms with Crippen LogP contribution in [0.2, 0.25) is 0 Å². The molecule has 0 aliphatic rings. The number of carbonyl (C=O) groups is 1. The highest BCUT2D eigenvalue weighted by atomic mass is 32.3. The van der Waals surface area contributed by atoms with Gasteiger partial charge < -0.3 is 24.5 Å². The Kier molecular flexibility index (Phi) is 8.99. The molecule has 0 bridgehead atoms. The molecule has 34 heavy (non-hydrogen) atoms. The lowest BCUT2D eigenvalue weighted by atomic mass is 9.96. The molecule has 0 saturated heterocycles. The van der Waals surface area contributed by atoms with Gasteiger partial charge in [0.05, 0.1) is 25.0 Å². The summed E-state index contributed by atoms with van der Waals surface area (Å²) in [5.41, 5.74) is 8.80. The average Bonchev–Trinajstić information content (AvgIpc) is 3.11. The van der Waals surface area contributed by atoms with Gasteiger partial charge in [-0.25, -0.2) is 15.0 Å². The zero-order valence-electron chi connectivity index (χ0n) is 20.9. The monoisotopic (exact) mass is 487 g/mol. The molecule has 0 aliphatic heterocycles. The summed E-state index contributed by atoms with van der Waals surface area (Å²) >= 11 is 0. The van der Waals surface area contributed by atoms with E-state index in [4.69, 9.17) is 19.9 Å². The van der Waals surface area contributed by atoms with Crippen LogP contribution >= 0.6 is 10.0 Å². The highest BCUT2D eigenvalue weighted by molar-refractivity contribution is 8.32. The molecule has 1 atom stereocenters. The molecule has 0 saturated carbocycles. The molecule has 186 valence electrons. The molecule has 0 fully saturated rings. The second-order valence-electron chi connectivity index (χ2n) is 9.24. The Morgan fingerprint density at radius 2 is 2.03 bits per heavy atom. The van der Waals surface area contributed by atoms with Gasteiger partial charge in [0.1, 0.15) is 23.9 Å². The number of nitrogens with two attached hydrogens (primary N) is 1. The molecule has 1 unspecified atom stereocenters. The molecule has 3 aromatic rings. The van der Waals surface area contributed by atoms with Crippen molar-refractivity contribution in [1.29, 1.82) is 0 Å². The first kappa shape index (κ1) is 26.1. The zero-order valence-corrected chi connectivity index (χ0v) is 21.7. The number of ether oxygens (including phenoxy) is 3. The highest BCUT2D eigenvalue weighted by Crippen LogP contribution is 2.35. The fourth-order valence-electron chi connectivity index (χ4n) is 3.75. The maximum Gasteiger partial charge on any atom is 0.306 e. The molecule has 3 rings (SSSR count). The molecule has 7 nitrogen and oxygen atoms in total. The van der Waals surface area contributed by atoms with Crippen LogP contribution in [0.15, 0.2) is 42.7 Å².